The number of hydrogen-bond donors (Lipinski definition) is 2. The predicted octanol–water partition coefficient (Wildman–Crippen LogP) is 0.788. The lowest BCUT2D eigenvalue weighted by Gasteiger charge is -2.23. The molecule has 1 aromatic heterocycles. The quantitative estimate of drug-likeness (QED) is 0.858. The Bertz CT molecular complexity index is 623. The first-order valence-electron chi connectivity index (χ1n) is 6.74. The number of imidazole rings is 1. The van der Waals surface area contributed by atoms with Crippen LogP contribution in [0.15, 0.2) is 23.0 Å². The van der Waals surface area contributed by atoms with E-state index in [1.807, 2.05) is 19.2 Å². The minimum absolute atomic E-state index is 0.0574. The van der Waals surface area contributed by atoms with Gasteiger partial charge in [-0.15, -0.1) is 0 Å². The van der Waals surface area contributed by atoms with Crippen LogP contribution in [-0.2, 0) is 18.2 Å². The van der Waals surface area contributed by atoms with Crippen LogP contribution in [0.2, 0.25) is 0 Å². The van der Waals surface area contributed by atoms with Gasteiger partial charge < -0.3 is 15.0 Å². The molecule has 1 fully saturated rings. The van der Waals surface area contributed by atoms with Crippen LogP contribution in [0.1, 0.15) is 12.0 Å². The maximum absolute atomic E-state index is 11.7. The normalized spacial score (nSPS) is 19.9. The molecule has 0 spiro atoms. The van der Waals surface area contributed by atoms with E-state index in [4.69, 9.17) is 4.74 Å². The summed E-state index contributed by atoms with van der Waals surface area (Å²) in [6.07, 6.45) is 2.18. The van der Waals surface area contributed by atoms with Gasteiger partial charge in [0.1, 0.15) is 0 Å². The van der Waals surface area contributed by atoms with E-state index in [1.54, 1.807) is 4.57 Å². The third-order valence-electron chi connectivity index (χ3n) is 3.74. The Morgan fingerprint density at radius 1 is 1.47 bits per heavy atom. The Morgan fingerprint density at radius 2 is 2.37 bits per heavy atom. The van der Waals surface area contributed by atoms with Gasteiger partial charge in [-0.2, -0.15) is 0 Å². The fourth-order valence-electron chi connectivity index (χ4n) is 2.71. The average molecular weight is 261 g/mol. The highest BCUT2D eigenvalue weighted by atomic mass is 16.5. The zero-order valence-corrected chi connectivity index (χ0v) is 11.1. The van der Waals surface area contributed by atoms with E-state index >= 15 is 0 Å². The Morgan fingerprint density at radius 3 is 3.16 bits per heavy atom. The van der Waals surface area contributed by atoms with Crippen LogP contribution in [0, 0.1) is 0 Å². The number of H-pyrrole nitrogens is 1. The summed E-state index contributed by atoms with van der Waals surface area (Å²) in [5, 5.41) is 3.34. The van der Waals surface area contributed by atoms with Crippen LogP contribution in [0.4, 0.5) is 0 Å². The van der Waals surface area contributed by atoms with E-state index < -0.39 is 0 Å². The van der Waals surface area contributed by atoms with Gasteiger partial charge in [-0.1, -0.05) is 12.1 Å². The number of morpholine rings is 1. The molecule has 2 N–H and O–H groups in total. The number of nitrogens with zero attached hydrogens (tertiary/aromatic N) is 1. The van der Waals surface area contributed by atoms with Gasteiger partial charge >= 0.3 is 5.69 Å². The van der Waals surface area contributed by atoms with Crippen LogP contribution in [-0.4, -0.2) is 35.4 Å². The van der Waals surface area contributed by atoms with Crippen LogP contribution >= 0.6 is 0 Å². The molecule has 2 aromatic rings. The van der Waals surface area contributed by atoms with Crippen LogP contribution in [0.25, 0.3) is 11.0 Å². The zero-order chi connectivity index (χ0) is 13.2. The second kappa shape index (κ2) is 5.19. The smallest absolute Gasteiger partial charge is 0.326 e. The summed E-state index contributed by atoms with van der Waals surface area (Å²) in [5.74, 6) is 0. The number of aromatic nitrogens is 2. The molecule has 1 aliphatic rings. The second-order valence-corrected chi connectivity index (χ2v) is 5.04. The molecule has 0 aliphatic carbocycles. The maximum Gasteiger partial charge on any atom is 0.326 e. The number of aryl methyl sites for hydroxylation is 2. The third-order valence-corrected chi connectivity index (χ3v) is 3.74. The molecule has 3 rings (SSSR count). The monoisotopic (exact) mass is 261 g/mol. The van der Waals surface area contributed by atoms with E-state index in [2.05, 4.69) is 16.4 Å². The van der Waals surface area contributed by atoms with Gasteiger partial charge in [0.2, 0.25) is 0 Å². The summed E-state index contributed by atoms with van der Waals surface area (Å²) in [7, 11) is 1.81. The highest BCUT2D eigenvalue weighted by Crippen LogP contribution is 2.18. The van der Waals surface area contributed by atoms with E-state index in [-0.39, 0.29) is 11.8 Å². The highest BCUT2D eigenvalue weighted by Gasteiger charge is 2.15. The molecule has 1 aliphatic heterocycles. The first kappa shape index (κ1) is 12.4. The van der Waals surface area contributed by atoms with Gasteiger partial charge in [0.25, 0.3) is 0 Å². The molecule has 0 saturated carbocycles. The first-order valence-corrected chi connectivity index (χ1v) is 6.74. The lowest BCUT2D eigenvalue weighted by atomic mass is 10.0. The standard InChI is InChI=1S/C14H19N3O2/c1-17-13-10(3-2-4-12(13)16-14(17)18)5-6-11-9-15-7-8-19-11/h2-4,11,15H,5-9H2,1H3,(H,16,18)/t11-/m1/s1. The molecule has 1 atom stereocenters. The summed E-state index contributed by atoms with van der Waals surface area (Å²) >= 11 is 0. The van der Waals surface area contributed by atoms with Crippen molar-refractivity contribution in [1.82, 2.24) is 14.9 Å². The van der Waals surface area contributed by atoms with E-state index in [1.165, 1.54) is 5.56 Å². The molecule has 19 heavy (non-hydrogen) atoms. The molecular weight excluding hydrogens is 242 g/mol. The van der Waals surface area contributed by atoms with Gasteiger partial charge in [0.05, 0.1) is 23.7 Å². The largest absolute Gasteiger partial charge is 0.376 e. The molecule has 0 radical (unpaired) electrons. The molecule has 0 amide bonds. The fourth-order valence-corrected chi connectivity index (χ4v) is 2.71. The number of rotatable bonds is 3. The van der Waals surface area contributed by atoms with Crippen molar-refractivity contribution < 1.29 is 4.74 Å². The summed E-state index contributed by atoms with van der Waals surface area (Å²) < 4.78 is 7.39. The lowest BCUT2D eigenvalue weighted by Crippen LogP contribution is -2.38. The second-order valence-electron chi connectivity index (χ2n) is 5.04. The van der Waals surface area contributed by atoms with Crippen LogP contribution < -0.4 is 11.0 Å². The van der Waals surface area contributed by atoms with Crippen LogP contribution in [0.3, 0.4) is 0 Å². The lowest BCUT2D eigenvalue weighted by molar-refractivity contribution is 0.0239. The highest BCUT2D eigenvalue weighted by molar-refractivity contribution is 5.78. The topological polar surface area (TPSA) is 59.0 Å². The van der Waals surface area contributed by atoms with E-state index in [0.717, 1.165) is 43.6 Å². The number of aromatic amines is 1. The number of nitrogens with one attached hydrogen (secondary N) is 2. The Hall–Kier alpha value is -1.59. The number of benzene rings is 1. The predicted molar refractivity (Wildman–Crippen MR) is 74.5 cm³/mol. The molecule has 5 nitrogen and oxygen atoms in total. The third kappa shape index (κ3) is 2.43. The number of fused-ring (bicyclic) bond motifs is 1. The molecule has 0 unspecified atom stereocenters. The SMILES string of the molecule is Cn1c(=O)[nH]c2cccc(CC[C@@H]3CNCCO3)c21. The summed E-state index contributed by atoms with van der Waals surface area (Å²) in [6, 6.07) is 6.03. The Kier molecular flexibility index (Phi) is 3.40. The van der Waals surface area contributed by atoms with Crippen molar-refractivity contribution in [2.75, 3.05) is 19.7 Å². The molecule has 2 heterocycles. The molecule has 1 saturated heterocycles. The maximum atomic E-state index is 11.7. The van der Waals surface area contributed by atoms with Crippen molar-refractivity contribution in [3.63, 3.8) is 0 Å². The number of hydrogen-bond acceptors (Lipinski definition) is 3. The van der Waals surface area contributed by atoms with Crippen molar-refractivity contribution in [2.45, 2.75) is 18.9 Å². The van der Waals surface area contributed by atoms with Gasteiger partial charge in [0, 0.05) is 20.1 Å². The van der Waals surface area contributed by atoms with Gasteiger partial charge in [-0.05, 0) is 24.5 Å². The molecular formula is C14H19N3O2. The minimum atomic E-state index is -0.0574. The first-order chi connectivity index (χ1) is 9.25. The van der Waals surface area contributed by atoms with Gasteiger partial charge in [-0.25, -0.2) is 4.79 Å². The van der Waals surface area contributed by atoms with Crippen molar-refractivity contribution in [3.8, 4) is 0 Å². The summed E-state index contributed by atoms with van der Waals surface area (Å²) in [4.78, 5) is 14.5. The number of ether oxygens (including phenoxy) is 1. The summed E-state index contributed by atoms with van der Waals surface area (Å²) in [5.41, 5.74) is 3.06. The zero-order valence-electron chi connectivity index (χ0n) is 11.1. The van der Waals surface area contributed by atoms with Gasteiger partial charge in [0.15, 0.2) is 0 Å². The molecule has 0 bridgehead atoms. The molecule has 5 heteroatoms. The van der Waals surface area contributed by atoms with Crippen molar-refractivity contribution in [3.05, 3.63) is 34.2 Å². The van der Waals surface area contributed by atoms with Crippen molar-refractivity contribution in [2.24, 2.45) is 7.05 Å². The Balaban J connectivity index is 1.82. The number of para-hydroxylation sites is 1. The van der Waals surface area contributed by atoms with Crippen molar-refractivity contribution >= 4 is 11.0 Å². The molecule has 102 valence electrons. The Labute approximate surface area is 111 Å². The van der Waals surface area contributed by atoms with E-state index in [9.17, 15) is 4.79 Å². The van der Waals surface area contributed by atoms with E-state index in [0.29, 0.717) is 0 Å². The summed E-state index contributed by atoms with van der Waals surface area (Å²) in [6.45, 7) is 2.65. The van der Waals surface area contributed by atoms with Crippen LogP contribution in [0.5, 0.6) is 0 Å². The average Bonchev–Trinajstić information content (AvgIpc) is 2.74. The molecule has 1 aromatic carbocycles. The van der Waals surface area contributed by atoms with Crippen molar-refractivity contribution in [1.29, 1.82) is 0 Å². The minimum Gasteiger partial charge on any atom is -0.376 e. The van der Waals surface area contributed by atoms with Gasteiger partial charge in [-0.3, -0.25) is 4.57 Å². The fraction of sp³-hybridized carbons (Fsp3) is 0.500.